The highest BCUT2D eigenvalue weighted by Crippen LogP contribution is 2.27. The van der Waals surface area contributed by atoms with Crippen LogP contribution in [-0.2, 0) is 31.2 Å². The molecule has 4 aromatic carbocycles. The molecule has 47 heavy (non-hydrogen) atoms. The SMILES string of the molecule is c1ccc2sc(COc3ccc(-c4cc(COCc5cc(-c6ccc(OCc7nc8ccccc8s7)cc6)no5)on4)cc3)nc2c1. The summed E-state index contributed by atoms with van der Waals surface area (Å²) in [6.45, 7) is 1.33. The van der Waals surface area contributed by atoms with E-state index in [0.717, 1.165) is 64.5 Å². The fourth-order valence-electron chi connectivity index (χ4n) is 4.98. The topological polar surface area (TPSA) is 106 Å². The van der Waals surface area contributed by atoms with Crippen molar-refractivity contribution in [3.8, 4) is 34.0 Å². The van der Waals surface area contributed by atoms with Crippen molar-refractivity contribution in [1.29, 1.82) is 0 Å². The van der Waals surface area contributed by atoms with Crippen molar-refractivity contribution in [2.24, 2.45) is 0 Å². The van der Waals surface area contributed by atoms with E-state index in [9.17, 15) is 0 Å². The van der Waals surface area contributed by atoms with Crippen LogP contribution < -0.4 is 9.47 Å². The summed E-state index contributed by atoms with van der Waals surface area (Å²) in [5.41, 5.74) is 5.26. The number of hydrogen-bond donors (Lipinski definition) is 0. The van der Waals surface area contributed by atoms with Crippen LogP contribution in [-0.4, -0.2) is 20.3 Å². The van der Waals surface area contributed by atoms with Crippen LogP contribution in [0.5, 0.6) is 11.5 Å². The maximum Gasteiger partial charge on any atom is 0.163 e. The average molecular weight is 659 g/mol. The Morgan fingerprint density at radius 2 is 0.957 bits per heavy atom. The van der Waals surface area contributed by atoms with Crippen molar-refractivity contribution in [2.45, 2.75) is 26.4 Å². The third-order valence-electron chi connectivity index (χ3n) is 7.31. The Labute approximate surface area is 277 Å². The number of rotatable bonds is 12. The van der Waals surface area contributed by atoms with Crippen molar-refractivity contribution in [1.82, 2.24) is 20.3 Å². The number of nitrogens with zero attached hydrogens (tertiary/aromatic N) is 4. The predicted octanol–water partition coefficient (Wildman–Crippen LogP) is 9.09. The molecular formula is C36H26N4O5S2. The molecule has 9 nitrogen and oxygen atoms in total. The molecule has 232 valence electrons. The van der Waals surface area contributed by atoms with Gasteiger partial charge >= 0.3 is 0 Å². The van der Waals surface area contributed by atoms with Gasteiger partial charge in [-0.2, -0.15) is 0 Å². The van der Waals surface area contributed by atoms with Gasteiger partial charge in [0.15, 0.2) is 11.5 Å². The molecule has 8 aromatic rings. The summed E-state index contributed by atoms with van der Waals surface area (Å²) < 4.78 is 31.0. The molecule has 0 aliphatic rings. The minimum Gasteiger partial charge on any atom is -0.486 e. The molecule has 0 saturated carbocycles. The lowest BCUT2D eigenvalue weighted by molar-refractivity contribution is 0.0727. The van der Waals surface area contributed by atoms with Gasteiger partial charge in [-0.25, -0.2) is 9.97 Å². The maximum atomic E-state index is 5.94. The highest BCUT2D eigenvalue weighted by molar-refractivity contribution is 7.18. The van der Waals surface area contributed by atoms with Crippen LogP contribution in [0.4, 0.5) is 0 Å². The van der Waals surface area contributed by atoms with Crippen molar-refractivity contribution in [2.75, 3.05) is 0 Å². The van der Waals surface area contributed by atoms with Gasteiger partial charge in [-0.1, -0.05) is 34.6 Å². The Hall–Kier alpha value is -5.36. The number of ether oxygens (including phenoxy) is 3. The molecule has 0 unspecified atom stereocenters. The van der Waals surface area contributed by atoms with Crippen molar-refractivity contribution in [3.05, 3.63) is 131 Å². The van der Waals surface area contributed by atoms with Crippen LogP contribution in [0.25, 0.3) is 42.9 Å². The highest BCUT2D eigenvalue weighted by atomic mass is 32.1. The molecule has 0 fully saturated rings. The molecule has 4 aromatic heterocycles. The molecule has 0 bridgehead atoms. The molecule has 8 rings (SSSR count). The number of fused-ring (bicyclic) bond motifs is 2. The van der Waals surface area contributed by atoms with Crippen molar-refractivity contribution in [3.63, 3.8) is 0 Å². The summed E-state index contributed by atoms with van der Waals surface area (Å²) in [6.07, 6.45) is 0. The van der Waals surface area contributed by atoms with Gasteiger partial charge in [-0.15, -0.1) is 22.7 Å². The Bertz CT molecular complexity index is 2030. The van der Waals surface area contributed by atoms with E-state index in [4.69, 9.17) is 23.3 Å². The molecule has 0 saturated heterocycles. The van der Waals surface area contributed by atoms with E-state index in [2.05, 4.69) is 32.4 Å². The number of hydrogen-bond acceptors (Lipinski definition) is 11. The summed E-state index contributed by atoms with van der Waals surface area (Å²) in [7, 11) is 0. The van der Waals surface area contributed by atoms with Gasteiger partial charge in [0, 0.05) is 23.3 Å². The second-order valence-corrected chi connectivity index (χ2v) is 12.9. The molecule has 0 radical (unpaired) electrons. The monoisotopic (exact) mass is 658 g/mol. The second kappa shape index (κ2) is 13.2. The minimum atomic E-state index is 0.243. The van der Waals surface area contributed by atoms with Gasteiger partial charge in [-0.3, -0.25) is 0 Å². The zero-order chi connectivity index (χ0) is 31.4. The van der Waals surface area contributed by atoms with Crippen LogP contribution in [0.15, 0.2) is 118 Å². The number of benzene rings is 4. The zero-order valence-electron chi connectivity index (χ0n) is 24.9. The summed E-state index contributed by atoms with van der Waals surface area (Å²) in [5, 5.41) is 10.3. The van der Waals surface area contributed by atoms with Gasteiger partial charge in [0.05, 0.1) is 20.4 Å². The molecule has 0 amide bonds. The number of aromatic nitrogens is 4. The normalized spacial score (nSPS) is 11.4. The molecule has 0 aliphatic carbocycles. The standard InChI is InChI=1S/C36H26N4O5S2/c1-3-7-33-29(5-1)37-35(46-33)21-42-25-13-9-23(10-14-25)31-17-27(44-39-31)19-41-20-28-18-32(40-45-28)24-11-15-26(16-12-24)43-22-36-38-30-6-2-4-8-34(30)47-36/h1-18H,19-22H2. The Morgan fingerprint density at radius 3 is 1.40 bits per heavy atom. The van der Waals surface area contributed by atoms with Crippen LogP contribution in [0.1, 0.15) is 21.5 Å². The van der Waals surface area contributed by atoms with Crippen LogP contribution in [0, 0.1) is 0 Å². The van der Waals surface area contributed by atoms with Gasteiger partial charge in [0.25, 0.3) is 0 Å². The van der Waals surface area contributed by atoms with Crippen molar-refractivity contribution < 1.29 is 23.3 Å². The molecular weight excluding hydrogens is 633 g/mol. The van der Waals surface area contributed by atoms with E-state index in [1.807, 2.05) is 97.1 Å². The summed E-state index contributed by atoms with van der Waals surface area (Å²) >= 11 is 3.28. The molecule has 0 spiro atoms. The van der Waals surface area contributed by atoms with Crippen LogP contribution in [0.2, 0.25) is 0 Å². The lowest BCUT2D eigenvalue weighted by Gasteiger charge is -2.04. The second-order valence-electron chi connectivity index (χ2n) is 10.6. The van der Waals surface area contributed by atoms with Crippen LogP contribution >= 0.6 is 22.7 Å². The first-order chi connectivity index (χ1) is 23.2. The summed E-state index contributed by atoms with van der Waals surface area (Å²) in [4.78, 5) is 9.24. The minimum absolute atomic E-state index is 0.243. The molecule has 0 N–H and O–H groups in total. The number of para-hydroxylation sites is 2. The van der Waals surface area contributed by atoms with E-state index in [0.29, 0.717) is 24.7 Å². The first-order valence-corrected chi connectivity index (χ1v) is 16.5. The zero-order valence-corrected chi connectivity index (χ0v) is 26.5. The van der Waals surface area contributed by atoms with Gasteiger partial charge < -0.3 is 23.3 Å². The predicted molar refractivity (Wildman–Crippen MR) is 180 cm³/mol. The highest BCUT2D eigenvalue weighted by Gasteiger charge is 2.11. The molecule has 4 heterocycles. The van der Waals surface area contributed by atoms with E-state index in [1.165, 1.54) is 0 Å². The smallest absolute Gasteiger partial charge is 0.163 e. The lowest BCUT2D eigenvalue weighted by Crippen LogP contribution is -1.94. The van der Waals surface area contributed by atoms with Gasteiger partial charge in [0.1, 0.15) is 59.3 Å². The Balaban J connectivity index is 0.802. The molecule has 11 heteroatoms. The Morgan fingerprint density at radius 1 is 0.511 bits per heavy atom. The average Bonchev–Trinajstić information content (AvgIpc) is 3.93. The Kier molecular flexibility index (Phi) is 8.14. The largest absolute Gasteiger partial charge is 0.486 e. The fraction of sp³-hybridized carbons (Fsp3) is 0.111. The van der Waals surface area contributed by atoms with E-state index in [1.54, 1.807) is 22.7 Å². The van der Waals surface area contributed by atoms with E-state index >= 15 is 0 Å². The van der Waals surface area contributed by atoms with Gasteiger partial charge in [0.2, 0.25) is 0 Å². The van der Waals surface area contributed by atoms with Gasteiger partial charge in [-0.05, 0) is 72.8 Å². The maximum absolute atomic E-state index is 5.94. The fourth-order valence-corrected chi connectivity index (χ4v) is 6.74. The third kappa shape index (κ3) is 6.77. The lowest BCUT2D eigenvalue weighted by atomic mass is 10.1. The molecule has 0 atom stereocenters. The third-order valence-corrected chi connectivity index (χ3v) is 9.33. The number of thiazole rings is 2. The van der Waals surface area contributed by atoms with Crippen LogP contribution in [0.3, 0.4) is 0 Å². The first-order valence-electron chi connectivity index (χ1n) is 14.9. The first kappa shape index (κ1) is 29.1. The van der Waals surface area contributed by atoms with Crippen molar-refractivity contribution >= 4 is 43.1 Å². The summed E-state index contributed by atoms with van der Waals surface area (Å²) in [6, 6.07) is 35.4. The summed E-state index contributed by atoms with van der Waals surface area (Å²) in [5.74, 6) is 2.74. The quantitative estimate of drug-likeness (QED) is 0.127. The van der Waals surface area contributed by atoms with E-state index in [-0.39, 0.29) is 13.2 Å². The van der Waals surface area contributed by atoms with E-state index < -0.39 is 0 Å². The molecule has 0 aliphatic heterocycles.